The lowest BCUT2D eigenvalue weighted by molar-refractivity contribution is -0.322. The monoisotopic (exact) mass is 1100 g/mol. The van der Waals surface area contributed by atoms with Crippen molar-refractivity contribution < 1.29 is 72.0 Å². The van der Waals surface area contributed by atoms with Gasteiger partial charge in [-0.1, -0.05) is 33.8 Å². The summed E-state index contributed by atoms with van der Waals surface area (Å²) in [5.74, 6) is -5.09. The van der Waals surface area contributed by atoms with Crippen LogP contribution < -0.4 is 16.1 Å². The Labute approximate surface area is 460 Å². The molecule has 0 saturated carbocycles. The number of likely N-dealkylation sites (N-methyl/N-ethyl adjacent to an activating group) is 1. The van der Waals surface area contributed by atoms with Crippen LogP contribution in [0.4, 0.5) is 4.79 Å². The second-order valence-corrected chi connectivity index (χ2v) is 23.8. The van der Waals surface area contributed by atoms with Crippen LogP contribution in [-0.4, -0.2) is 176 Å². The number of Topliss-reactive ketones (excluding diaryl/α,β-unsaturated/α-hetero) is 1. The van der Waals surface area contributed by atoms with E-state index in [1.807, 2.05) is 78.1 Å². The van der Waals surface area contributed by atoms with Gasteiger partial charge < -0.3 is 72.9 Å². The van der Waals surface area contributed by atoms with Gasteiger partial charge >= 0.3 is 18.0 Å². The van der Waals surface area contributed by atoms with Crippen LogP contribution in [0, 0.1) is 23.7 Å². The first-order valence-electron chi connectivity index (χ1n) is 28.4. The van der Waals surface area contributed by atoms with Crippen LogP contribution in [0.3, 0.4) is 0 Å². The van der Waals surface area contributed by atoms with Crippen LogP contribution in [0.5, 0.6) is 0 Å². The van der Waals surface area contributed by atoms with Crippen molar-refractivity contribution in [2.45, 2.75) is 218 Å². The number of cyclic esters (lactones) is 1. The molecular weight excluding hydrogens is 1010 g/mol. The number of carbonyl (C=O) groups excluding carboxylic acids is 3. The normalized spacial score (nSPS) is 37.8. The fourth-order valence-electron chi connectivity index (χ4n) is 13.4. The zero-order chi connectivity index (χ0) is 57.2. The molecule has 1 aromatic heterocycles. The SMILES string of the molecule is CC[C@H]1OC(=O)[C@H](C)[C@@H](O[C@H]2C[C@@](C)(OC)[C@@H](OCCCNCCCc3cc4c5c(c3)c(=O)c(C(=O)O)cn5CCC4)[C@H](C)O2)[C@H](C)[C@@H](O[C@@H]2O[C@H](C)C[C@H](N(C)C)[C@H]2O)[C@](C)(OC)C[C@@H](C)C(=O)[C@@H](C)[C@H]2NC(=O)O[C@@]21C. The van der Waals surface area contributed by atoms with Crippen LogP contribution in [0.15, 0.2) is 23.1 Å². The topological polar surface area (TPSA) is 241 Å². The standard InChI is InChI=1S/C58H90N4O16/c1-15-42-58(10)49(60-55(69)78-58)33(4)45(63)31(2)28-56(8,70-13)50(77-54-47(65)41(61(11)12)25-32(3)73-54)34(5)48(35(6)53(68)75-42)76-43-29-57(9,71-14)51(36(7)74-43)72-24-18-22-59-21-16-19-37-26-38-20-17-23-62-30-40(52(66)67)46(64)39(27-37)44(38)62/h26-27,30-36,41-43,47-51,54,59,65H,15-25,28-29H2,1-14H3,(H,60,69)(H,66,67)/t31-,32-,33-,34+,35-,36+,41+,42-,43+,47-,48+,49-,50-,51+,54+,56-,57-,58-/m1/s1. The third-order valence-electron chi connectivity index (χ3n) is 17.8. The van der Waals surface area contributed by atoms with Gasteiger partial charge in [0.1, 0.15) is 29.7 Å². The van der Waals surface area contributed by atoms with Crippen molar-refractivity contribution in [2.24, 2.45) is 23.7 Å². The molecule has 2 aromatic rings. The molecule has 20 heteroatoms. The van der Waals surface area contributed by atoms with E-state index >= 15 is 0 Å². The molecule has 7 rings (SSSR count). The highest BCUT2D eigenvalue weighted by Gasteiger charge is 2.58. The number of esters is 1. The maximum atomic E-state index is 14.8. The van der Waals surface area contributed by atoms with E-state index in [0.717, 1.165) is 48.9 Å². The highest BCUT2D eigenvalue weighted by Crippen LogP contribution is 2.43. The summed E-state index contributed by atoms with van der Waals surface area (Å²) in [5, 5.41) is 28.4. The second kappa shape index (κ2) is 25.4. The number of pyridine rings is 1. The number of aromatic carboxylic acids is 1. The first-order chi connectivity index (χ1) is 36.8. The average molecular weight is 1100 g/mol. The van der Waals surface area contributed by atoms with E-state index in [1.165, 1.54) is 6.20 Å². The van der Waals surface area contributed by atoms with E-state index in [1.54, 1.807) is 35.0 Å². The molecule has 20 nitrogen and oxygen atoms in total. The maximum absolute atomic E-state index is 14.8. The number of carboxylic acid groups (broad SMARTS) is 1. The molecule has 78 heavy (non-hydrogen) atoms. The van der Waals surface area contributed by atoms with Crippen LogP contribution in [0.1, 0.15) is 136 Å². The summed E-state index contributed by atoms with van der Waals surface area (Å²) < 4.78 is 60.6. The van der Waals surface area contributed by atoms with Crippen molar-refractivity contribution in [1.29, 1.82) is 0 Å². The quantitative estimate of drug-likeness (QED) is 0.102. The summed E-state index contributed by atoms with van der Waals surface area (Å²) in [6.07, 6.45) is -1.40. The largest absolute Gasteiger partial charge is 0.477 e. The Balaban J connectivity index is 1.07. The molecule has 0 unspecified atom stereocenters. The van der Waals surface area contributed by atoms with Crippen molar-refractivity contribution in [3.8, 4) is 0 Å². The Bertz CT molecular complexity index is 2510. The number of methoxy groups -OCH3 is 2. The Morgan fingerprint density at radius 2 is 1.62 bits per heavy atom. The summed E-state index contributed by atoms with van der Waals surface area (Å²) in [6.45, 7) is 20.9. The minimum Gasteiger partial charge on any atom is -0.477 e. The van der Waals surface area contributed by atoms with E-state index in [0.29, 0.717) is 37.9 Å². The molecule has 4 saturated heterocycles. The number of amides is 1. The lowest BCUT2D eigenvalue weighted by Crippen LogP contribution is -2.61. The molecular formula is C58H90N4O16. The zero-order valence-electron chi connectivity index (χ0n) is 48.6. The summed E-state index contributed by atoms with van der Waals surface area (Å²) in [7, 11) is 6.97. The van der Waals surface area contributed by atoms with Gasteiger partial charge in [-0.3, -0.25) is 14.4 Å². The van der Waals surface area contributed by atoms with E-state index in [4.69, 9.17) is 42.6 Å². The molecule has 0 aliphatic carbocycles. The fourth-order valence-corrected chi connectivity index (χ4v) is 13.4. The first kappa shape index (κ1) is 61.5. The van der Waals surface area contributed by atoms with Gasteiger partial charge in [-0.25, -0.2) is 9.59 Å². The number of carbonyl (C=O) groups is 4. The molecule has 5 aliphatic heterocycles. The Hall–Kier alpha value is -4.09. The molecule has 0 radical (unpaired) electrons. The number of benzene rings is 1. The fraction of sp³-hybridized carbons (Fsp3) is 0.776. The molecule has 5 aliphatic rings. The number of carboxylic acids is 1. The summed E-state index contributed by atoms with van der Waals surface area (Å²) in [4.78, 5) is 69.4. The summed E-state index contributed by atoms with van der Waals surface area (Å²) >= 11 is 0. The van der Waals surface area contributed by atoms with Crippen LogP contribution in [0.25, 0.3) is 10.9 Å². The van der Waals surface area contributed by atoms with Crippen LogP contribution in [-0.2, 0) is 71.6 Å². The number of rotatable bonds is 18. The third-order valence-corrected chi connectivity index (χ3v) is 17.8. The van der Waals surface area contributed by atoms with Crippen molar-refractivity contribution in [1.82, 2.24) is 20.1 Å². The number of aryl methyl sites for hydroxylation is 3. The molecule has 0 spiro atoms. The first-order valence-corrected chi connectivity index (χ1v) is 28.4. The molecule has 1 aromatic carbocycles. The average Bonchev–Trinajstić information content (AvgIpc) is 3.72. The number of nitrogens with one attached hydrogen (secondary N) is 2. The number of fused-ring (bicyclic) bond motifs is 1. The van der Waals surface area contributed by atoms with Gasteiger partial charge in [-0.15, -0.1) is 0 Å². The van der Waals surface area contributed by atoms with Crippen molar-refractivity contribution in [3.63, 3.8) is 0 Å². The number of hydrogen-bond acceptors (Lipinski definition) is 17. The Morgan fingerprint density at radius 3 is 2.28 bits per heavy atom. The molecule has 4 fully saturated rings. The third kappa shape index (κ3) is 12.8. The number of nitrogens with zero attached hydrogens (tertiary/aromatic N) is 2. The maximum Gasteiger partial charge on any atom is 0.408 e. The number of alkyl carbamates (subject to hydrolysis) is 1. The number of aliphatic hydroxyl groups is 1. The molecule has 1 amide bonds. The Kier molecular flexibility index (Phi) is 20.0. The predicted molar refractivity (Wildman–Crippen MR) is 289 cm³/mol. The van der Waals surface area contributed by atoms with E-state index in [-0.39, 0.29) is 42.8 Å². The van der Waals surface area contributed by atoms with Gasteiger partial charge in [-0.05, 0) is 137 Å². The van der Waals surface area contributed by atoms with Gasteiger partial charge in [-0.2, -0.15) is 0 Å². The highest BCUT2D eigenvalue weighted by molar-refractivity contribution is 5.94. The van der Waals surface area contributed by atoms with Crippen LogP contribution >= 0.6 is 0 Å². The minimum atomic E-state index is -1.39. The number of aromatic nitrogens is 1. The summed E-state index contributed by atoms with van der Waals surface area (Å²) in [6, 6.07) is 2.88. The number of ether oxygens (including phenoxy) is 9. The lowest BCUT2D eigenvalue weighted by atomic mass is 9.73. The highest BCUT2D eigenvalue weighted by atomic mass is 16.7. The van der Waals surface area contributed by atoms with E-state index < -0.39 is 119 Å². The number of aliphatic hydroxyl groups excluding tert-OH is 1. The molecule has 4 N–H and O–H groups in total. The van der Waals surface area contributed by atoms with Gasteiger partial charge in [0.15, 0.2) is 18.2 Å². The van der Waals surface area contributed by atoms with Gasteiger partial charge in [0.05, 0.1) is 53.1 Å². The lowest BCUT2D eigenvalue weighted by Gasteiger charge is -2.50. The van der Waals surface area contributed by atoms with Gasteiger partial charge in [0.2, 0.25) is 5.43 Å². The van der Waals surface area contributed by atoms with E-state index in [9.17, 15) is 34.2 Å². The minimum absolute atomic E-state index is 0.153. The number of ketones is 1. The predicted octanol–water partition coefficient (Wildman–Crippen LogP) is 5.79. The molecule has 6 heterocycles. The second-order valence-electron chi connectivity index (χ2n) is 23.8. The molecule has 18 atom stereocenters. The van der Waals surface area contributed by atoms with Crippen molar-refractivity contribution in [2.75, 3.05) is 48.0 Å². The van der Waals surface area contributed by atoms with Crippen molar-refractivity contribution >= 4 is 34.7 Å². The zero-order valence-corrected chi connectivity index (χ0v) is 48.6. The van der Waals surface area contributed by atoms with E-state index in [2.05, 4.69) is 16.7 Å². The Morgan fingerprint density at radius 1 is 0.923 bits per heavy atom. The smallest absolute Gasteiger partial charge is 0.408 e. The van der Waals surface area contributed by atoms with Crippen LogP contribution in [0.2, 0.25) is 0 Å². The van der Waals surface area contributed by atoms with Gasteiger partial charge in [0, 0.05) is 69.2 Å². The number of hydrogen-bond donors (Lipinski definition) is 4. The van der Waals surface area contributed by atoms with Crippen molar-refractivity contribution in [3.05, 3.63) is 45.2 Å². The molecule has 438 valence electrons. The molecule has 0 bridgehead atoms. The summed E-state index contributed by atoms with van der Waals surface area (Å²) in [5.41, 5.74) is -1.25. The van der Waals surface area contributed by atoms with Gasteiger partial charge in [0.25, 0.3) is 0 Å².